The van der Waals surface area contributed by atoms with Crippen LogP contribution in [0.2, 0.25) is 0 Å². The van der Waals surface area contributed by atoms with Crippen LogP contribution < -0.4 is 9.47 Å². The Morgan fingerprint density at radius 3 is 2.42 bits per heavy atom. The summed E-state index contributed by atoms with van der Waals surface area (Å²) < 4.78 is 12.4. The second-order valence-corrected chi connectivity index (χ2v) is 8.75. The molecular formula is C22H24O4. The third-order valence-electron chi connectivity index (χ3n) is 6.44. The first kappa shape index (κ1) is 15.9. The van der Waals surface area contributed by atoms with Gasteiger partial charge in [-0.15, -0.1) is 0 Å². The number of ether oxygens (including phenoxy) is 2. The molecular weight excluding hydrogens is 328 g/mol. The highest BCUT2D eigenvalue weighted by Crippen LogP contribution is 2.68. The molecule has 4 heteroatoms. The van der Waals surface area contributed by atoms with Crippen LogP contribution in [0.3, 0.4) is 0 Å². The Morgan fingerprint density at radius 1 is 1.00 bits per heavy atom. The minimum absolute atomic E-state index is 0.189. The molecule has 1 spiro atoms. The number of aryl methyl sites for hydroxylation is 1. The molecule has 1 unspecified atom stereocenters. The molecule has 2 N–H and O–H groups in total. The predicted octanol–water partition coefficient (Wildman–Crippen LogP) is 4.55. The van der Waals surface area contributed by atoms with Gasteiger partial charge in [0.15, 0.2) is 0 Å². The van der Waals surface area contributed by atoms with Gasteiger partial charge in [0, 0.05) is 27.5 Å². The monoisotopic (exact) mass is 352 g/mol. The number of phenolic OH excluding ortho intramolecular Hbond substituents is 2. The van der Waals surface area contributed by atoms with Crippen molar-refractivity contribution in [2.75, 3.05) is 6.61 Å². The number of hydrogen-bond donors (Lipinski definition) is 2. The average Bonchev–Trinajstić information content (AvgIpc) is 3.18. The van der Waals surface area contributed by atoms with Crippen molar-refractivity contribution in [3.8, 4) is 23.0 Å². The summed E-state index contributed by atoms with van der Waals surface area (Å²) in [6.07, 6.45) is 1.75. The lowest BCUT2D eigenvalue weighted by atomic mass is 9.81. The van der Waals surface area contributed by atoms with E-state index < -0.39 is 0 Å². The number of benzene rings is 2. The molecule has 0 aromatic heterocycles. The van der Waals surface area contributed by atoms with E-state index in [0.29, 0.717) is 12.4 Å². The second kappa shape index (κ2) is 4.67. The van der Waals surface area contributed by atoms with E-state index in [4.69, 9.17) is 9.47 Å². The van der Waals surface area contributed by atoms with Crippen molar-refractivity contribution < 1.29 is 19.7 Å². The van der Waals surface area contributed by atoms with Gasteiger partial charge in [-0.1, -0.05) is 19.9 Å². The molecule has 26 heavy (non-hydrogen) atoms. The van der Waals surface area contributed by atoms with Gasteiger partial charge in [0.2, 0.25) is 0 Å². The normalized spacial score (nSPS) is 23.3. The van der Waals surface area contributed by atoms with Gasteiger partial charge in [-0.2, -0.15) is 0 Å². The fourth-order valence-electron chi connectivity index (χ4n) is 4.87. The third kappa shape index (κ3) is 1.80. The molecule has 2 aromatic rings. The first-order chi connectivity index (χ1) is 12.3. The van der Waals surface area contributed by atoms with E-state index in [-0.39, 0.29) is 22.7 Å². The zero-order valence-corrected chi connectivity index (χ0v) is 15.6. The van der Waals surface area contributed by atoms with Crippen molar-refractivity contribution in [1.82, 2.24) is 0 Å². The van der Waals surface area contributed by atoms with Crippen molar-refractivity contribution in [3.63, 3.8) is 0 Å². The van der Waals surface area contributed by atoms with Gasteiger partial charge in [-0.3, -0.25) is 0 Å². The zero-order valence-electron chi connectivity index (χ0n) is 15.6. The number of hydrogen-bond acceptors (Lipinski definition) is 4. The minimum Gasteiger partial charge on any atom is -0.508 e. The molecule has 5 rings (SSSR count). The maximum atomic E-state index is 10.8. The maximum absolute atomic E-state index is 10.8. The van der Waals surface area contributed by atoms with Gasteiger partial charge < -0.3 is 19.7 Å². The highest BCUT2D eigenvalue weighted by molar-refractivity contribution is 5.64. The largest absolute Gasteiger partial charge is 0.508 e. The number of fused-ring (bicyclic) bond motifs is 3. The van der Waals surface area contributed by atoms with Gasteiger partial charge in [0.1, 0.15) is 29.1 Å². The van der Waals surface area contributed by atoms with Crippen LogP contribution in [0.4, 0.5) is 0 Å². The molecule has 1 saturated carbocycles. The Morgan fingerprint density at radius 2 is 1.73 bits per heavy atom. The Kier molecular flexibility index (Phi) is 2.85. The van der Waals surface area contributed by atoms with E-state index >= 15 is 0 Å². The van der Waals surface area contributed by atoms with Crippen LogP contribution in [-0.2, 0) is 10.8 Å². The molecule has 136 valence electrons. The molecule has 1 atom stereocenters. The molecule has 2 aromatic carbocycles. The van der Waals surface area contributed by atoms with Crippen LogP contribution in [0.15, 0.2) is 18.2 Å². The van der Waals surface area contributed by atoms with Crippen molar-refractivity contribution in [1.29, 1.82) is 0 Å². The highest BCUT2D eigenvalue weighted by atomic mass is 16.5. The van der Waals surface area contributed by atoms with E-state index in [1.54, 1.807) is 6.07 Å². The summed E-state index contributed by atoms with van der Waals surface area (Å²) in [6, 6.07) is 5.51. The highest BCUT2D eigenvalue weighted by Gasteiger charge is 2.60. The summed E-state index contributed by atoms with van der Waals surface area (Å²) in [4.78, 5) is 0. The Hall–Kier alpha value is -2.36. The first-order valence-electron chi connectivity index (χ1n) is 9.26. The Labute approximate surface area is 153 Å². The standard InChI is InChI=1S/C22H24O4/c1-11-5-6-14(23)17-18(11)26-20(22(17)7-8-22)13-9-15(24)16-19(12(13)2)25-10-21(16,3)4/h5-6,9,20,23-24H,7-8,10H2,1-4H3. The number of aromatic hydroxyl groups is 2. The summed E-state index contributed by atoms with van der Waals surface area (Å²) in [5.74, 6) is 2.18. The van der Waals surface area contributed by atoms with E-state index in [1.165, 1.54) is 0 Å². The van der Waals surface area contributed by atoms with E-state index in [0.717, 1.165) is 52.2 Å². The molecule has 3 aliphatic rings. The molecule has 0 bridgehead atoms. The molecule has 4 nitrogen and oxygen atoms in total. The van der Waals surface area contributed by atoms with Crippen molar-refractivity contribution in [2.24, 2.45) is 0 Å². The summed E-state index contributed by atoms with van der Waals surface area (Å²) in [5, 5.41) is 21.3. The third-order valence-corrected chi connectivity index (χ3v) is 6.44. The minimum atomic E-state index is -0.201. The van der Waals surface area contributed by atoms with Gasteiger partial charge in [0.05, 0.1) is 6.61 Å². The van der Waals surface area contributed by atoms with E-state index in [2.05, 4.69) is 13.8 Å². The maximum Gasteiger partial charge on any atom is 0.134 e. The predicted molar refractivity (Wildman–Crippen MR) is 98.5 cm³/mol. The van der Waals surface area contributed by atoms with Crippen LogP contribution in [0.25, 0.3) is 0 Å². The van der Waals surface area contributed by atoms with Crippen LogP contribution >= 0.6 is 0 Å². The Balaban J connectivity index is 1.69. The molecule has 2 heterocycles. The molecule has 0 saturated heterocycles. The second-order valence-electron chi connectivity index (χ2n) is 8.75. The smallest absolute Gasteiger partial charge is 0.134 e. The van der Waals surface area contributed by atoms with Gasteiger partial charge in [-0.25, -0.2) is 0 Å². The molecule has 1 fully saturated rings. The van der Waals surface area contributed by atoms with Crippen LogP contribution in [-0.4, -0.2) is 16.8 Å². The molecule has 2 aliphatic heterocycles. The molecule has 0 amide bonds. The quantitative estimate of drug-likeness (QED) is 0.790. The van der Waals surface area contributed by atoms with Gasteiger partial charge in [0.25, 0.3) is 0 Å². The number of rotatable bonds is 1. The lowest BCUT2D eigenvalue weighted by Gasteiger charge is -2.24. The topological polar surface area (TPSA) is 58.9 Å². The van der Waals surface area contributed by atoms with Crippen LogP contribution in [0.1, 0.15) is 60.6 Å². The van der Waals surface area contributed by atoms with Gasteiger partial charge >= 0.3 is 0 Å². The SMILES string of the molecule is Cc1ccc(O)c2c1OC(c1cc(O)c3c(c1C)OCC3(C)C)C21CC1. The zero-order chi connectivity index (χ0) is 18.4. The summed E-state index contributed by atoms with van der Waals surface area (Å²) >= 11 is 0. The first-order valence-corrected chi connectivity index (χ1v) is 9.26. The van der Waals surface area contributed by atoms with Crippen molar-refractivity contribution in [2.45, 2.75) is 57.5 Å². The fourth-order valence-corrected chi connectivity index (χ4v) is 4.87. The number of phenols is 2. The Bertz CT molecular complexity index is 953. The van der Waals surface area contributed by atoms with Gasteiger partial charge in [-0.05, 0) is 49.9 Å². The summed E-state index contributed by atoms with van der Waals surface area (Å²) in [7, 11) is 0. The van der Waals surface area contributed by atoms with Crippen molar-refractivity contribution >= 4 is 0 Å². The molecule has 0 radical (unpaired) electrons. The molecule has 1 aliphatic carbocycles. The lowest BCUT2D eigenvalue weighted by Crippen LogP contribution is -2.19. The van der Waals surface area contributed by atoms with Crippen LogP contribution in [0.5, 0.6) is 23.0 Å². The van der Waals surface area contributed by atoms with E-state index in [1.807, 2.05) is 26.0 Å². The summed E-state index contributed by atoms with van der Waals surface area (Å²) in [6.45, 7) is 8.79. The van der Waals surface area contributed by atoms with Crippen molar-refractivity contribution in [3.05, 3.63) is 46.0 Å². The van der Waals surface area contributed by atoms with Crippen LogP contribution in [0, 0.1) is 13.8 Å². The lowest BCUT2D eigenvalue weighted by molar-refractivity contribution is 0.196. The average molecular weight is 352 g/mol. The summed E-state index contributed by atoms with van der Waals surface area (Å²) in [5.41, 5.74) is 4.46. The van der Waals surface area contributed by atoms with E-state index in [9.17, 15) is 10.2 Å². The fraction of sp³-hybridized carbons (Fsp3) is 0.455.